The second-order valence-corrected chi connectivity index (χ2v) is 4.57. The molecule has 1 unspecified atom stereocenters. The number of aliphatic hydroxyl groups is 1. The van der Waals surface area contributed by atoms with Crippen LogP contribution in [0.1, 0.15) is 25.0 Å². The number of hydrogen-bond donors (Lipinski definition) is 2. The molecule has 1 aromatic carbocycles. The van der Waals surface area contributed by atoms with Crippen LogP contribution in [-0.4, -0.2) is 24.1 Å². The van der Waals surface area contributed by atoms with Gasteiger partial charge >= 0.3 is 0 Å². The summed E-state index contributed by atoms with van der Waals surface area (Å²) < 4.78 is 0. The zero-order valence-corrected chi connectivity index (χ0v) is 9.97. The van der Waals surface area contributed by atoms with Crippen LogP contribution in [0.15, 0.2) is 24.3 Å². The van der Waals surface area contributed by atoms with Gasteiger partial charge in [-0.25, -0.2) is 0 Å². The summed E-state index contributed by atoms with van der Waals surface area (Å²) in [5, 5.41) is 9.72. The molecule has 1 aromatic rings. The first-order valence-corrected chi connectivity index (χ1v) is 5.91. The molecule has 0 aromatic heterocycles. The van der Waals surface area contributed by atoms with E-state index in [4.69, 9.17) is 5.73 Å². The lowest BCUT2D eigenvalue weighted by Gasteiger charge is -2.22. The zero-order chi connectivity index (χ0) is 12.4. The van der Waals surface area contributed by atoms with Gasteiger partial charge in [0, 0.05) is 24.3 Å². The third-order valence-corrected chi connectivity index (χ3v) is 3.32. The van der Waals surface area contributed by atoms with Crippen LogP contribution < -0.4 is 10.6 Å². The van der Waals surface area contributed by atoms with E-state index in [0.29, 0.717) is 6.54 Å². The average Bonchev–Trinajstić information content (AvgIpc) is 2.78. The predicted molar refractivity (Wildman–Crippen MR) is 66.6 cm³/mol. The number of aliphatic hydroxyl groups excluding tert-OH is 1. The number of nitrogens with two attached hydrogens (primary N) is 1. The molecule has 0 aliphatic carbocycles. The van der Waals surface area contributed by atoms with Gasteiger partial charge in [-0.2, -0.15) is 0 Å². The molecular formula is C13H18N2O2. The highest BCUT2D eigenvalue weighted by Crippen LogP contribution is 2.30. The third-order valence-electron chi connectivity index (χ3n) is 3.32. The highest BCUT2D eigenvalue weighted by molar-refractivity contribution is 5.78. The molecule has 4 nitrogen and oxygen atoms in total. The Labute approximate surface area is 101 Å². The first-order chi connectivity index (χ1) is 8.09. The summed E-state index contributed by atoms with van der Waals surface area (Å²) >= 11 is 0. The van der Waals surface area contributed by atoms with Gasteiger partial charge in [-0.15, -0.1) is 0 Å². The van der Waals surface area contributed by atoms with Crippen molar-refractivity contribution in [3.63, 3.8) is 0 Å². The number of para-hydroxylation sites is 1. The fraction of sp³-hybridized carbons (Fsp3) is 0.462. The van der Waals surface area contributed by atoms with Crippen LogP contribution in [0.25, 0.3) is 0 Å². The van der Waals surface area contributed by atoms with E-state index in [0.717, 1.165) is 24.2 Å². The number of anilines is 1. The van der Waals surface area contributed by atoms with Crippen LogP contribution in [-0.2, 0) is 4.79 Å². The fourth-order valence-corrected chi connectivity index (χ4v) is 2.34. The Hall–Kier alpha value is -1.55. The van der Waals surface area contributed by atoms with Crippen LogP contribution in [0.2, 0.25) is 0 Å². The van der Waals surface area contributed by atoms with Crippen LogP contribution in [0.3, 0.4) is 0 Å². The molecule has 0 bridgehead atoms. The first-order valence-electron chi connectivity index (χ1n) is 5.91. The molecule has 2 rings (SSSR count). The normalized spacial score (nSPS) is 21.5. The fourth-order valence-electron chi connectivity index (χ4n) is 2.34. The summed E-state index contributed by atoms with van der Waals surface area (Å²) in [4.78, 5) is 13.3. The van der Waals surface area contributed by atoms with E-state index in [2.05, 4.69) is 4.90 Å². The van der Waals surface area contributed by atoms with Gasteiger partial charge in [0.25, 0.3) is 0 Å². The summed E-state index contributed by atoms with van der Waals surface area (Å²) in [5.74, 6) is -0.306. The molecule has 2 atom stereocenters. The van der Waals surface area contributed by atoms with Gasteiger partial charge in [0.2, 0.25) is 5.91 Å². The number of amides is 1. The van der Waals surface area contributed by atoms with E-state index in [-0.39, 0.29) is 11.8 Å². The highest BCUT2D eigenvalue weighted by Gasteiger charge is 2.28. The molecule has 0 radical (unpaired) electrons. The van der Waals surface area contributed by atoms with Crippen LogP contribution in [0.4, 0.5) is 5.69 Å². The SMILES string of the molecule is C[C@H](O)c1ccccc1N1CCC(C(N)=O)C1. The Balaban J connectivity index is 2.21. The van der Waals surface area contributed by atoms with Gasteiger partial charge in [0.15, 0.2) is 0 Å². The molecule has 17 heavy (non-hydrogen) atoms. The van der Waals surface area contributed by atoms with Gasteiger partial charge in [-0.05, 0) is 19.4 Å². The van der Waals surface area contributed by atoms with E-state index in [9.17, 15) is 9.90 Å². The summed E-state index contributed by atoms with van der Waals surface area (Å²) in [7, 11) is 0. The Bertz CT molecular complexity index is 418. The summed E-state index contributed by atoms with van der Waals surface area (Å²) in [6, 6.07) is 7.75. The molecule has 0 spiro atoms. The number of hydrogen-bond acceptors (Lipinski definition) is 3. The number of carbonyl (C=O) groups excluding carboxylic acids is 1. The average molecular weight is 234 g/mol. The molecule has 1 amide bonds. The van der Waals surface area contributed by atoms with E-state index in [1.54, 1.807) is 6.92 Å². The van der Waals surface area contributed by atoms with E-state index in [1.807, 2.05) is 24.3 Å². The minimum absolute atomic E-state index is 0.0722. The van der Waals surface area contributed by atoms with Crippen molar-refractivity contribution in [2.24, 2.45) is 11.7 Å². The highest BCUT2D eigenvalue weighted by atomic mass is 16.3. The minimum atomic E-state index is -0.501. The van der Waals surface area contributed by atoms with Gasteiger partial charge in [-0.3, -0.25) is 4.79 Å². The molecule has 1 saturated heterocycles. The van der Waals surface area contributed by atoms with Crippen molar-refractivity contribution < 1.29 is 9.90 Å². The maximum Gasteiger partial charge on any atom is 0.222 e. The molecular weight excluding hydrogens is 216 g/mol. The standard InChI is InChI=1S/C13H18N2O2/c1-9(16)11-4-2-3-5-12(11)15-7-6-10(8-15)13(14)17/h2-5,9-10,16H,6-8H2,1H3,(H2,14,17)/t9-,10?/m0/s1. The number of nitrogens with zero attached hydrogens (tertiary/aromatic N) is 1. The molecule has 4 heteroatoms. The lowest BCUT2D eigenvalue weighted by molar-refractivity contribution is -0.121. The number of carbonyl (C=O) groups is 1. The monoisotopic (exact) mass is 234 g/mol. The van der Waals surface area contributed by atoms with Crippen molar-refractivity contribution in [1.29, 1.82) is 0 Å². The van der Waals surface area contributed by atoms with E-state index in [1.165, 1.54) is 0 Å². The minimum Gasteiger partial charge on any atom is -0.389 e. The van der Waals surface area contributed by atoms with Crippen molar-refractivity contribution in [2.45, 2.75) is 19.4 Å². The summed E-state index contributed by atoms with van der Waals surface area (Å²) in [6.45, 7) is 3.22. The van der Waals surface area contributed by atoms with E-state index >= 15 is 0 Å². The molecule has 1 aliphatic heterocycles. The Morgan fingerprint density at radius 1 is 1.53 bits per heavy atom. The topological polar surface area (TPSA) is 66.6 Å². The molecule has 1 fully saturated rings. The van der Waals surface area contributed by atoms with E-state index < -0.39 is 6.10 Å². The number of benzene rings is 1. The zero-order valence-electron chi connectivity index (χ0n) is 9.97. The maximum atomic E-state index is 11.1. The van der Waals surface area contributed by atoms with Crippen molar-refractivity contribution in [1.82, 2.24) is 0 Å². The van der Waals surface area contributed by atoms with Crippen molar-refractivity contribution in [3.8, 4) is 0 Å². The maximum absolute atomic E-state index is 11.1. The quantitative estimate of drug-likeness (QED) is 0.821. The number of primary amides is 1. The Kier molecular flexibility index (Phi) is 3.33. The van der Waals surface area contributed by atoms with Gasteiger partial charge in [-0.1, -0.05) is 18.2 Å². The van der Waals surface area contributed by atoms with Crippen molar-refractivity contribution in [2.75, 3.05) is 18.0 Å². The van der Waals surface area contributed by atoms with Crippen LogP contribution in [0.5, 0.6) is 0 Å². The van der Waals surface area contributed by atoms with Crippen molar-refractivity contribution >= 4 is 11.6 Å². The third kappa shape index (κ3) is 2.42. The largest absolute Gasteiger partial charge is 0.389 e. The Morgan fingerprint density at radius 3 is 2.82 bits per heavy atom. The molecule has 92 valence electrons. The number of rotatable bonds is 3. The predicted octanol–water partition coefficient (Wildman–Crippen LogP) is 1.05. The second-order valence-electron chi connectivity index (χ2n) is 4.57. The summed E-state index contributed by atoms with van der Waals surface area (Å²) in [6.07, 6.45) is 0.294. The molecule has 1 aliphatic rings. The van der Waals surface area contributed by atoms with Crippen LogP contribution >= 0.6 is 0 Å². The molecule has 3 N–H and O–H groups in total. The first kappa shape index (κ1) is 11.9. The van der Waals surface area contributed by atoms with Gasteiger partial charge < -0.3 is 15.7 Å². The van der Waals surface area contributed by atoms with Crippen molar-refractivity contribution in [3.05, 3.63) is 29.8 Å². The summed E-state index contributed by atoms with van der Waals surface area (Å²) in [5.41, 5.74) is 7.23. The van der Waals surface area contributed by atoms with Crippen LogP contribution in [0, 0.1) is 5.92 Å². The van der Waals surface area contributed by atoms with Gasteiger partial charge in [0.05, 0.1) is 12.0 Å². The smallest absolute Gasteiger partial charge is 0.222 e. The van der Waals surface area contributed by atoms with Gasteiger partial charge in [0.1, 0.15) is 0 Å². The Morgan fingerprint density at radius 2 is 2.24 bits per heavy atom. The molecule has 0 saturated carbocycles. The lowest BCUT2D eigenvalue weighted by atomic mass is 10.1. The lowest BCUT2D eigenvalue weighted by Crippen LogP contribution is -2.27. The molecule has 1 heterocycles. The second kappa shape index (κ2) is 4.75.